The van der Waals surface area contributed by atoms with Crippen molar-refractivity contribution in [1.29, 1.82) is 5.26 Å². The molecule has 0 N–H and O–H groups in total. The largest absolute Gasteiger partial charge is 0.545 e. The average Bonchev–Trinajstić information content (AvgIpc) is 2.60. The van der Waals surface area contributed by atoms with Gasteiger partial charge in [-0.05, 0) is 29.2 Å². The maximum atomic E-state index is 12.4. The molecule has 0 amide bonds. The maximum Gasteiger partial charge on any atom is 0.203 e. The molecule has 120 valence electrons. The molecule has 24 heavy (non-hydrogen) atoms. The minimum absolute atomic E-state index is 0.000517. The van der Waals surface area contributed by atoms with Gasteiger partial charge in [0.1, 0.15) is 11.6 Å². The van der Waals surface area contributed by atoms with Gasteiger partial charge in [-0.1, -0.05) is 61.9 Å². The Balaban J connectivity index is 2.24. The predicted octanol–water partition coefficient (Wildman–Crippen LogP) is 2.79. The van der Waals surface area contributed by atoms with Gasteiger partial charge in [0.25, 0.3) is 0 Å². The lowest BCUT2D eigenvalue weighted by Gasteiger charge is -2.04. The summed E-state index contributed by atoms with van der Waals surface area (Å²) in [5, 5.41) is 20.0. The van der Waals surface area contributed by atoms with Crippen LogP contribution in [0.2, 0.25) is 0 Å². The third kappa shape index (κ3) is 4.17. The molecule has 0 radical (unpaired) electrons. The summed E-state index contributed by atoms with van der Waals surface area (Å²) in [7, 11) is 0. The van der Waals surface area contributed by atoms with Gasteiger partial charge in [0.15, 0.2) is 0 Å². The number of carbonyl (C=O) groups excluding carboxylic acids is 2. The van der Waals surface area contributed by atoms with E-state index >= 15 is 0 Å². The van der Waals surface area contributed by atoms with Gasteiger partial charge in [-0.15, -0.1) is 0 Å². The molecule has 0 heterocycles. The quantitative estimate of drug-likeness (QED) is 0.466. The number of aromatic carboxylic acids is 1. The molecule has 2 aromatic carbocycles. The van der Waals surface area contributed by atoms with Crippen LogP contribution in [0.15, 0.2) is 54.1 Å². The number of benzene rings is 2. The minimum atomic E-state index is -1.27. The monoisotopic (exact) mass is 318 g/mol. The Labute approximate surface area is 140 Å². The molecule has 4 nitrogen and oxygen atoms in total. The first-order chi connectivity index (χ1) is 11.5. The molecule has 0 atom stereocenters. The molecule has 0 fully saturated rings. The summed E-state index contributed by atoms with van der Waals surface area (Å²) in [5.74, 6) is -1.63. The van der Waals surface area contributed by atoms with Crippen LogP contribution in [0.5, 0.6) is 0 Å². The maximum absolute atomic E-state index is 12.4. The van der Waals surface area contributed by atoms with Crippen molar-refractivity contribution in [2.45, 2.75) is 19.8 Å². The van der Waals surface area contributed by atoms with Gasteiger partial charge in [-0.2, -0.15) is 5.26 Å². The molecule has 2 rings (SSSR count). The number of hydrogen-bond donors (Lipinski definition) is 0. The molecule has 0 aliphatic carbocycles. The Morgan fingerprint density at radius 3 is 2.12 bits per heavy atom. The van der Waals surface area contributed by atoms with Crippen molar-refractivity contribution in [3.8, 4) is 6.07 Å². The number of carboxylic acids is 1. The second kappa shape index (κ2) is 7.89. The highest BCUT2D eigenvalue weighted by atomic mass is 16.4. The second-order valence-corrected chi connectivity index (χ2v) is 5.36. The van der Waals surface area contributed by atoms with Crippen molar-refractivity contribution in [3.05, 3.63) is 76.4 Å². The van der Waals surface area contributed by atoms with Gasteiger partial charge < -0.3 is 9.90 Å². The predicted molar refractivity (Wildman–Crippen MR) is 89.1 cm³/mol. The SMILES string of the molecule is CCCc1ccc(C(=O)/C(C#N)=C/c2ccc(C(=O)[O-])cc2)cc1. The van der Waals surface area contributed by atoms with Gasteiger partial charge >= 0.3 is 0 Å². The van der Waals surface area contributed by atoms with Crippen LogP contribution in [0.3, 0.4) is 0 Å². The number of hydrogen-bond acceptors (Lipinski definition) is 4. The van der Waals surface area contributed by atoms with Crippen molar-refractivity contribution in [2.75, 3.05) is 0 Å². The Morgan fingerprint density at radius 1 is 1.04 bits per heavy atom. The summed E-state index contributed by atoms with van der Waals surface area (Å²) in [4.78, 5) is 23.2. The molecule has 0 unspecified atom stereocenters. The second-order valence-electron chi connectivity index (χ2n) is 5.36. The fourth-order valence-corrected chi connectivity index (χ4v) is 2.30. The van der Waals surface area contributed by atoms with Gasteiger partial charge in [0.05, 0.1) is 5.97 Å². The van der Waals surface area contributed by atoms with Crippen LogP contribution >= 0.6 is 0 Å². The van der Waals surface area contributed by atoms with Gasteiger partial charge in [-0.25, -0.2) is 0 Å². The molecule has 0 saturated heterocycles. The smallest absolute Gasteiger partial charge is 0.203 e. The van der Waals surface area contributed by atoms with Gasteiger partial charge in [0.2, 0.25) is 5.78 Å². The Bertz CT molecular complexity index is 809. The highest BCUT2D eigenvalue weighted by molar-refractivity contribution is 6.14. The van der Waals surface area contributed by atoms with E-state index in [9.17, 15) is 20.0 Å². The van der Waals surface area contributed by atoms with E-state index in [4.69, 9.17) is 0 Å². The van der Waals surface area contributed by atoms with Crippen LogP contribution in [0.1, 0.15) is 45.2 Å². The standard InChI is InChI=1S/C20H17NO3/c1-2-3-14-4-8-16(9-5-14)19(22)18(13-21)12-15-6-10-17(11-7-15)20(23)24/h4-12H,2-3H2,1H3,(H,23,24)/p-1/b18-12+. The number of aryl methyl sites for hydroxylation is 1. The van der Waals surface area contributed by atoms with Crippen LogP contribution in [-0.4, -0.2) is 11.8 Å². The number of carboxylic acid groups (broad SMARTS) is 1. The van der Waals surface area contributed by atoms with Crippen molar-refractivity contribution in [2.24, 2.45) is 0 Å². The number of nitrogens with zero attached hydrogens (tertiary/aromatic N) is 1. The van der Waals surface area contributed by atoms with Gasteiger partial charge in [0, 0.05) is 5.56 Å². The Kier molecular flexibility index (Phi) is 5.64. The van der Waals surface area contributed by atoms with Crippen molar-refractivity contribution in [3.63, 3.8) is 0 Å². The summed E-state index contributed by atoms with van der Waals surface area (Å²) in [6.07, 6.45) is 3.42. The Hall–Kier alpha value is -3.19. The number of ketones is 1. The first-order valence-corrected chi connectivity index (χ1v) is 7.62. The molecule has 4 heteroatoms. The molecule has 0 aliphatic heterocycles. The molecule has 0 spiro atoms. The van der Waals surface area contributed by atoms with E-state index in [1.807, 2.05) is 18.2 Å². The summed E-state index contributed by atoms with van der Waals surface area (Å²) in [6.45, 7) is 2.08. The zero-order valence-corrected chi connectivity index (χ0v) is 13.3. The molecular formula is C20H16NO3-. The third-order valence-corrected chi connectivity index (χ3v) is 3.58. The van der Waals surface area contributed by atoms with Crippen molar-refractivity contribution < 1.29 is 14.7 Å². The van der Waals surface area contributed by atoms with Crippen molar-refractivity contribution in [1.82, 2.24) is 0 Å². The summed E-state index contributed by atoms with van der Waals surface area (Å²) in [6, 6.07) is 14.9. The third-order valence-electron chi connectivity index (χ3n) is 3.58. The fourth-order valence-electron chi connectivity index (χ4n) is 2.30. The van der Waals surface area contributed by atoms with Crippen LogP contribution < -0.4 is 5.11 Å². The number of allylic oxidation sites excluding steroid dienone is 1. The number of Topliss-reactive ketones (excluding diaryl/α,β-unsaturated/α-hetero) is 1. The number of rotatable bonds is 6. The number of carbonyl (C=O) groups is 2. The topological polar surface area (TPSA) is 81.0 Å². The van der Waals surface area contributed by atoms with Crippen LogP contribution in [-0.2, 0) is 6.42 Å². The highest BCUT2D eigenvalue weighted by Gasteiger charge is 2.12. The molecule has 0 aliphatic rings. The fraction of sp³-hybridized carbons (Fsp3) is 0.150. The molecule has 0 bridgehead atoms. The van der Waals surface area contributed by atoms with Crippen LogP contribution in [0.4, 0.5) is 0 Å². The number of nitriles is 1. The lowest BCUT2D eigenvalue weighted by molar-refractivity contribution is -0.255. The van der Waals surface area contributed by atoms with Crippen LogP contribution in [0, 0.1) is 11.3 Å². The summed E-state index contributed by atoms with van der Waals surface area (Å²) < 4.78 is 0. The van der Waals surface area contributed by atoms with E-state index in [2.05, 4.69) is 6.92 Å². The van der Waals surface area contributed by atoms with E-state index in [1.165, 1.54) is 30.3 Å². The molecule has 2 aromatic rings. The zero-order valence-electron chi connectivity index (χ0n) is 13.3. The average molecular weight is 318 g/mol. The minimum Gasteiger partial charge on any atom is -0.545 e. The van der Waals surface area contributed by atoms with E-state index in [1.54, 1.807) is 12.1 Å². The lowest BCUT2D eigenvalue weighted by atomic mass is 9.99. The Morgan fingerprint density at radius 2 is 1.62 bits per heavy atom. The van der Waals surface area contributed by atoms with E-state index in [-0.39, 0.29) is 16.9 Å². The summed E-state index contributed by atoms with van der Waals surface area (Å²) in [5.41, 5.74) is 2.22. The molecular weight excluding hydrogens is 302 g/mol. The lowest BCUT2D eigenvalue weighted by Crippen LogP contribution is -2.21. The summed E-state index contributed by atoms with van der Waals surface area (Å²) >= 11 is 0. The van der Waals surface area contributed by atoms with E-state index in [0.717, 1.165) is 18.4 Å². The normalized spacial score (nSPS) is 10.9. The van der Waals surface area contributed by atoms with E-state index in [0.29, 0.717) is 11.1 Å². The molecule has 0 aromatic heterocycles. The first kappa shape index (κ1) is 17.2. The molecule has 0 saturated carbocycles. The van der Waals surface area contributed by atoms with E-state index < -0.39 is 5.97 Å². The van der Waals surface area contributed by atoms with Crippen molar-refractivity contribution >= 4 is 17.8 Å². The zero-order chi connectivity index (χ0) is 17.5. The van der Waals surface area contributed by atoms with Crippen LogP contribution in [0.25, 0.3) is 6.08 Å². The van der Waals surface area contributed by atoms with Gasteiger partial charge in [-0.3, -0.25) is 4.79 Å². The first-order valence-electron chi connectivity index (χ1n) is 7.62. The highest BCUT2D eigenvalue weighted by Crippen LogP contribution is 2.15.